The summed E-state index contributed by atoms with van der Waals surface area (Å²) in [5.74, 6) is 2.60. The van der Waals surface area contributed by atoms with Crippen LogP contribution in [0, 0.1) is 18.8 Å². The molecule has 3 atom stereocenters. The normalized spacial score (nSPS) is 19.7. The van der Waals surface area contributed by atoms with Gasteiger partial charge in [0.1, 0.15) is 5.75 Å². The van der Waals surface area contributed by atoms with Crippen LogP contribution in [-0.2, 0) is 0 Å². The van der Waals surface area contributed by atoms with Crippen LogP contribution in [0.1, 0.15) is 42.9 Å². The van der Waals surface area contributed by atoms with E-state index in [0.717, 1.165) is 66.9 Å². The molecule has 1 unspecified atom stereocenters. The zero-order chi connectivity index (χ0) is 24.6. The maximum atomic E-state index is 11.0. The SMILES string of the molecule is COc1ccc2nccc(C(O)CC[C@@H]3CCN(CCCSc4ccccc4C)C[C@@H]3CO)c2c1. The number of aryl methyl sites for hydroxylation is 1. The largest absolute Gasteiger partial charge is 0.497 e. The first-order valence-corrected chi connectivity index (χ1v) is 13.7. The molecule has 0 radical (unpaired) electrons. The van der Waals surface area contributed by atoms with Gasteiger partial charge in [-0.2, -0.15) is 0 Å². The summed E-state index contributed by atoms with van der Waals surface area (Å²) in [5, 5.41) is 22.1. The van der Waals surface area contributed by atoms with Gasteiger partial charge in [-0.15, -0.1) is 11.8 Å². The minimum absolute atomic E-state index is 0.213. The third-order valence-electron chi connectivity index (χ3n) is 7.33. The number of methoxy groups -OCH3 is 1. The number of piperidine rings is 1. The van der Waals surface area contributed by atoms with Crippen LogP contribution in [0.15, 0.2) is 59.6 Å². The van der Waals surface area contributed by atoms with Crippen LogP contribution < -0.4 is 4.74 Å². The average Bonchev–Trinajstić information content (AvgIpc) is 2.90. The lowest BCUT2D eigenvalue weighted by Gasteiger charge is -2.38. The highest BCUT2D eigenvalue weighted by molar-refractivity contribution is 7.99. The molecule has 1 aliphatic heterocycles. The van der Waals surface area contributed by atoms with E-state index in [4.69, 9.17) is 4.74 Å². The highest BCUT2D eigenvalue weighted by Gasteiger charge is 2.29. The Labute approximate surface area is 213 Å². The first kappa shape index (κ1) is 26.0. The van der Waals surface area contributed by atoms with Gasteiger partial charge in [0.05, 0.1) is 18.7 Å². The second-order valence-corrected chi connectivity index (χ2v) is 10.8. The first-order chi connectivity index (χ1) is 17.1. The van der Waals surface area contributed by atoms with Crippen LogP contribution in [-0.4, -0.2) is 59.2 Å². The Hall–Kier alpha value is -2.12. The van der Waals surface area contributed by atoms with Crippen LogP contribution >= 0.6 is 11.8 Å². The molecule has 3 aromatic rings. The number of thioether (sulfide) groups is 1. The topological polar surface area (TPSA) is 65.8 Å². The van der Waals surface area contributed by atoms with Crippen molar-refractivity contribution in [2.45, 2.75) is 43.6 Å². The van der Waals surface area contributed by atoms with Gasteiger partial charge in [-0.1, -0.05) is 18.2 Å². The van der Waals surface area contributed by atoms with Gasteiger partial charge in [0.15, 0.2) is 0 Å². The lowest BCUT2D eigenvalue weighted by Crippen LogP contribution is -2.42. The van der Waals surface area contributed by atoms with Gasteiger partial charge in [0, 0.05) is 29.6 Å². The average molecular weight is 495 g/mol. The molecular weight excluding hydrogens is 456 g/mol. The number of aromatic nitrogens is 1. The number of benzene rings is 2. The predicted molar refractivity (Wildman–Crippen MR) is 144 cm³/mol. The molecule has 1 aliphatic rings. The molecule has 0 bridgehead atoms. The first-order valence-electron chi connectivity index (χ1n) is 12.7. The van der Waals surface area contributed by atoms with Crippen molar-refractivity contribution in [3.8, 4) is 5.75 Å². The van der Waals surface area contributed by atoms with Gasteiger partial charge in [0.25, 0.3) is 0 Å². The number of aliphatic hydroxyl groups excluding tert-OH is 2. The van der Waals surface area contributed by atoms with Crippen LogP contribution in [0.3, 0.4) is 0 Å². The molecule has 5 nitrogen and oxygen atoms in total. The Kier molecular flexibility index (Phi) is 9.44. The number of hydrogen-bond acceptors (Lipinski definition) is 6. The van der Waals surface area contributed by atoms with E-state index in [1.165, 1.54) is 10.5 Å². The summed E-state index contributed by atoms with van der Waals surface area (Å²) in [5.41, 5.74) is 3.11. The van der Waals surface area contributed by atoms with Gasteiger partial charge in [-0.05, 0) is 105 Å². The van der Waals surface area contributed by atoms with Crippen LogP contribution in [0.5, 0.6) is 5.75 Å². The molecule has 2 aromatic carbocycles. The van der Waals surface area contributed by atoms with E-state index >= 15 is 0 Å². The fourth-order valence-corrected chi connectivity index (χ4v) is 6.19. The molecule has 6 heteroatoms. The van der Waals surface area contributed by atoms with Crippen LogP contribution in [0.4, 0.5) is 0 Å². The van der Waals surface area contributed by atoms with Gasteiger partial charge >= 0.3 is 0 Å². The van der Waals surface area contributed by atoms with E-state index in [-0.39, 0.29) is 12.5 Å². The molecule has 2 heterocycles. The van der Waals surface area contributed by atoms with E-state index < -0.39 is 6.10 Å². The van der Waals surface area contributed by atoms with Gasteiger partial charge in [-0.3, -0.25) is 4.98 Å². The maximum absolute atomic E-state index is 11.0. The van der Waals surface area contributed by atoms with E-state index in [2.05, 4.69) is 41.1 Å². The van der Waals surface area contributed by atoms with E-state index in [1.54, 1.807) is 13.3 Å². The third-order valence-corrected chi connectivity index (χ3v) is 8.59. The number of pyridine rings is 1. The monoisotopic (exact) mass is 494 g/mol. The Balaban J connectivity index is 1.26. The van der Waals surface area contributed by atoms with E-state index in [0.29, 0.717) is 12.3 Å². The number of rotatable bonds is 11. The molecule has 0 aliphatic carbocycles. The van der Waals surface area contributed by atoms with Gasteiger partial charge in [-0.25, -0.2) is 0 Å². The van der Waals surface area contributed by atoms with Crippen LogP contribution in [0.2, 0.25) is 0 Å². The molecule has 1 aromatic heterocycles. The van der Waals surface area contributed by atoms with E-state index in [1.807, 2.05) is 36.0 Å². The Bertz CT molecular complexity index is 1090. The summed E-state index contributed by atoms with van der Waals surface area (Å²) in [7, 11) is 1.65. The molecule has 4 rings (SSSR count). The molecule has 35 heavy (non-hydrogen) atoms. The quantitative estimate of drug-likeness (QED) is 0.272. The maximum Gasteiger partial charge on any atom is 0.119 e. The number of likely N-dealkylation sites (tertiary alicyclic amines) is 1. The van der Waals surface area contributed by atoms with Crippen molar-refractivity contribution < 1.29 is 14.9 Å². The fourth-order valence-electron chi connectivity index (χ4n) is 5.23. The highest BCUT2D eigenvalue weighted by atomic mass is 32.2. The summed E-state index contributed by atoms with van der Waals surface area (Å²) in [4.78, 5) is 8.31. The minimum atomic E-state index is -0.552. The Morgan fingerprint density at radius 1 is 1.17 bits per heavy atom. The van der Waals surface area contributed by atoms with Crippen molar-refractivity contribution in [3.05, 3.63) is 65.9 Å². The molecule has 2 N–H and O–H groups in total. The summed E-state index contributed by atoms with van der Waals surface area (Å²) >= 11 is 1.94. The van der Waals surface area contributed by atoms with Crippen molar-refractivity contribution >= 4 is 22.7 Å². The second kappa shape index (κ2) is 12.7. The molecule has 0 amide bonds. The fraction of sp³-hybridized carbons (Fsp3) is 0.483. The molecule has 0 saturated carbocycles. The summed E-state index contributed by atoms with van der Waals surface area (Å²) in [6.07, 6.45) is 5.04. The van der Waals surface area contributed by atoms with Crippen molar-refractivity contribution in [1.29, 1.82) is 0 Å². The summed E-state index contributed by atoms with van der Waals surface area (Å²) in [6.45, 7) is 5.48. The Morgan fingerprint density at radius 2 is 2.03 bits per heavy atom. The van der Waals surface area contributed by atoms with Crippen LogP contribution in [0.25, 0.3) is 10.9 Å². The number of nitrogens with zero attached hydrogens (tertiary/aromatic N) is 2. The number of fused-ring (bicyclic) bond motifs is 1. The lowest BCUT2D eigenvalue weighted by molar-refractivity contribution is 0.0581. The number of hydrogen-bond donors (Lipinski definition) is 2. The van der Waals surface area contributed by atoms with Gasteiger partial charge in [0.2, 0.25) is 0 Å². The van der Waals surface area contributed by atoms with Crippen molar-refractivity contribution in [1.82, 2.24) is 9.88 Å². The zero-order valence-electron chi connectivity index (χ0n) is 20.9. The zero-order valence-corrected chi connectivity index (χ0v) is 21.7. The summed E-state index contributed by atoms with van der Waals surface area (Å²) in [6, 6.07) is 16.3. The lowest BCUT2D eigenvalue weighted by atomic mass is 9.81. The third kappa shape index (κ3) is 6.76. The smallest absolute Gasteiger partial charge is 0.119 e. The number of ether oxygens (including phenoxy) is 1. The molecule has 1 saturated heterocycles. The second-order valence-electron chi connectivity index (χ2n) is 9.64. The Morgan fingerprint density at radius 3 is 2.83 bits per heavy atom. The minimum Gasteiger partial charge on any atom is -0.497 e. The molecule has 0 spiro atoms. The van der Waals surface area contributed by atoms with Gasteiger partial charge < -0.3 is 19.8 Å². The highest BCUT2D eigenvalue weighted by Crippen LogP contribution is 2.33. The van der Waals surface area contributed by atoms with E-state index in [9.17, 15) is 10.2 Å². The summed E-state index contributed by atoms with van der Waals surface area (Å²) < 4.78 is 5.37. The van der Waals surface area contributed by atoms with Crippen molar-refractivity contribution in [2.75, 3.05) is 39.1 Å². The predicted octanol–water partition coefficient (Wildman–Crippen LogP) is 5.48. The molecule has 1 fully saturated rings. The van der Waals surface area contributed by atoms with Crippen molar-refractivity contribution in [3.63, 3.8) is 0 Å². The number of aliphatic hydroxyl groups is 2. The molecule has 188 valence electrons. The van der Waals surface area contributed by atoms with Crippen molar-refractivity contribution in [2.24, 2.45) is 11.8 Å². The molecular formula is C29H38N2O3S. The standard InChI is InChI=1S/C29H38N2O3S/c1-21-6-3-4-7-29(21)35-17-5-15-31-16-13-22(23(19-31)20-32)8-11-28(33)25-12-14-30-27-10-9-24(34-2)18-26(25)27/h3-4,6-7,9-10,12,14,18,22-23,28,32-33H,5,8,11,13,15-17,19-20H2,1-2H3/t22-,23-,28?/m1/s1.